The minimum absolute atomic E-state index is 0.0957. The van der Waals surface area contributed by atoms with Crippen molar-refractivity contribution >= 4 is 22.4 Å². The number of carbonyl (C=O) groups is 1. The highest BCUT2D eigenvalue weighted by Crippen LogP contribution is 2.18. The Balaban J connectivity index is 1.80. The number of hydrogen-bond donors (Lipinski definition) is 2. The van der Waals surface area contributed by atoms with Crippen LogP contribution in [0.3, 0.4) is 0 Å². The maximum absolute atomic E-state index is 10.9. The number of hydrogen-bond acceptors (Lipinski definition) is 7. The molecule has 4 N–H and O–H groups in total. The Hall–Kier alpha value is -1.22. The molecular weight excluding hydrogens is 278 g/mol. The monoisotopic (exact) mass is 299 g/mol. The summed E-state index contributed by atoms with van der Waals surface area (Å²) in [5, 5.41) is 0.603. The van der Waals surface area contributed by atoms with E-state index in [0.29, 0.717) is 18.3 Å². The van der Waals surface area contributed by atoms with Gasteiger partial charge in [-0.2, -0.15) is 0 Å². The minimum atomic E-state index is -0.319. The third-order valence-electron chi connectivity index (χ3n) is 3.11. The van der Waals surface area contributed by atoms with Crippen molar-refractivity contribution in [3.05, 3.63) is 11.1 Å². The van der Waals surface area contributed by atoms with Crippen LogP contribution in [0.25, 0.3) is 0 Å². The van der Waals surface area contributed by atoms with Gasteiger partial charge in [-0.05, 0) is 7.05 Å². The molecule has 7 nitrogen and oxygen atoms in total. The molecule has 0 spiro atoms. The number of carbonyl (C=O) groups excluding carboxylic acids is 1. The van der Waals surface area contributed by atoms with Crippen molar-refractivity contribution in [2.75, 3.05) is 45.6 Å². The molecule has 20 heavy (non-hydrogen) atoms. The lowest BCUT2D eigenvalue weighted by atomic mass is 10.2. The zero-order chi connectivity index (χ0) is 14.5. The van der Waals surface area contributed by atoms with Crippen molar-refractivity contribution < 1.29 is 9.53 Å². The first kappa shape index (κ1) is 15.2. The molecule has 0 aliphatic carbocycles. The molecule has 2 rings (SSSR count). The van der Waals surface area contributed by atoms with E-state index in [1.165, 1.54) is 11.3 Å². The van der Waals surface area contributed by atoms with E-state index in [2.05, 4.69) is 9.88 Å². The summed E-state index contributed by atoms with van der Waals surface area (Å²) in [6.07, 6.45) is 1.92. The molecule has 1 atom stereocenters. The van der Waals surface area contributed by atoms with Crippen LogP contribution in [0, 0.1) is 0 Å². The summed E-state index contributed by atoms with van der Waals surface area (Å²) in [5.74, 6) is -0.319. The fraction of sp³-hybridized carbons (Fsp3) is 0.667. The van der Waals surface area contributed by atoms with Crippen LogP contribution >= 0.6 is 11.3 Å². The molecule has 112 valence electrons. The molecule has 0 saturated carbocycles. The van der Waals surface area contributed by atoms with Gasteiger partial charge in [0.25, 0.3) is 0 Å². The Morgan fingerprint density at radius 3 is 3.15 bits per heavy atom. The summed E-state index contributed by atoms with van der Waals surface area (Å²) >= 11 is 1.52. The summed E-state index contributed by atoms with van der Waals surface area (Å²) in [6.45, 7) is 4.22. The van der Waals surface area contributed by atoms with Gasteiger partial charge in [0.1, 0.15) is 0 Å². The predicted molar refractivity (Wildman–Crippen MR) is 78.2 cm³/mol. The van der Waals surface area contributed by atoms with E-state index < -0.39 is 0 Å². The number of amides is 1. The standard InChI is InChI=1S/C12H21N5O2S/c1-16(8-11(13)18)5-9-6-17(2-3-19-9)7-10-4-15-12(14)20-10/h4,9H,2-3,5-8H2,1H3,(H2,13,18)(H2,14,15). The van der Waals surface area contributed by atoms with Gasteiger partial charge in [-0.1, -0.05) is 0 Å². The Morgan fingerprint density at radius 1 is 1.70 bits per heavy atom. The van der Waals surface area contributed by atoms with Crippen LogP contribution in [0.5, 0.6) is 0 Å². The van der Waals surface area contributed by atoms with E-state index in [-0.39, 0.29) is 18.6 Å². The van der Waals surface area contributed by atoms with Crippen LogP contribution in [0.4, 0.5) is 5.13 Å². The van der Waals surface area contributed by atoms with Gasteiger partial charge in [0.15, 0.2) is 5.13 Å². The Kier molecular flexibility index (Phi) is 5.30. The first-order valence-corrected chi connectivity index (χ1v) is 7.35. The lowest BCUT2D eigenvalue weighted by Gasteiger charge is -2.34. The molecule has 2 heterocycles. The second kappa shape index (κ2) is 6.98. The highest BCUT2D eigenvalue weighted by atomic mass is 32.1. The van der Waals surface area contributed by atoms with Crippen LogP contribution in [-0.2, 0) is 16.1 Å². The molecule has 1 aliphatic heterocycles. The van der Waals surface area contributed by atoms with Crippen LogP contribution in [0.2, 0.25) is 0 Å². The lowest BCUT2D eigenvalue weighted by molar-refractivity contribution is -0.119. The number of morpholine rings is 1. The topological polar surface area (TPSA) is 97.7 Å². The highest BCUT2D eigenvalue weighted by molar-refractivity contribution is 7.15. The van der Waals surface area contributed by atoms with Crippen LogP contribution in [0.15, 0.2) is 6.20 Å². The van der Waals surface area contributed by atoms with Crippen LogP contribution in [-0.4, -0.2) is 66.6 Å². The minimum Gasteiger partial charge on any atom is -0.375 e. The number of primary amides is 1. The highest BCUT2D eigenvalue weighted by Gasteiger charge is 2.22. The van der Waals surface area contributed by atoms with Crippen molar-refractivity contribution in [3.8, 4) is 0 Å². The molecule has 1 saturated heterocycles. The molecule has 1 fully saturated rings. The summed E-state index contributed by atoms with van der Waals surface area (Å²) < 4.78 is 5.73. The summed E-state index contributed by atoms with van der Waals surface area (Å²) in [5.41, 5.74) is 10.8. The molecule has 8 heteroatoms. The van der Waals surface area contributed by atoms with Crippen molar-refractivity contribution in [3.63, 3.8) is 0 Å². The Morgan fingerprint density at radius 2 is 2.50 bits per heavy atom. The number of ether oxygens (including phenoxy) is 1. The van der Waals surface area contributed by atoms with Gasteiger partial charge in [-0.15, -0.1) is 11.3 Å². The maximum Gasteiger partial charge on any atom is 0.231 e. The van der Waals surface area contributed by atoms with Crippen LogP contribution in [0.1, 0.15) is 4.88 Å². The second-order valence-corrected chi connectivity index (χ2v) is 6.20. The largest absolute Gasteiger partial charge is 0.375 e. The summed E-state index contributed by atoms with van der Waals surface area (Å²) in [6, 6.07) is 0. The zero-order valence-electron chi connectivity index (χ0n) is 11.6. The molecular formula is C12H21N5O2S. The fourth-order valence-corrected chi connectivity index (χ4v) is 3.06. The number of aromatic nitrogens is 1. The average Bonchev–Trinajstić information content (AvgIpc) is 2.74. The predicted octanol–water partition coefficient (Wildman–Crippen LogP) is -0.657. The van der Waals surface area contributed by atoms with Gasteiger partial charge >= 0.3 is 0 Å². The van der Waals surface area contributed by atoms with E-state index in [9.17, 15) is 4.79 Å². The Bertz CT molecular complexity index is 453. The van der Waals surface area contributed by atoms with E-state index in [1.807, 2.05) is 18.1 Å². The number of rotatable bonds is 6. The van der Waals surface area contributed by atoms with Crippen molar-refractivity contribution in [1.82, 2.24) is 14.8 Å². The van der Waals surface area contributed by atoms with Crippen molar-refractivity contribution in [2.45, 2.75) is 12.6 Å². The molecule has 0 aromatic carbocycles. The first-order chi connectivity index (χ1) is 9.52. The normalized spacial score (nSPS) is 20.4. The quantitative estimate of drug-likeness (QED) is 0.724. The maximum atomic E-state index is 10.9. The molecule has 1 aromatic rings. The number of thiazole rings is 1. The smallest absolute Gasteiger partial charge is 0.231 e. The van der Waals surface area contributed by atoms with E-state index in [1.54, 1.807) is 0 Å². The summed E-state index contributed by atoms with van der Waals surface area (Å²) in [7, 11) is 1.87. The number of anilines is 1. The van der Waals surface area contributed by atoms with E-state index in [4.69, 9.17) is 16.2 Å². The average molecular weight is 299 g/mol. The molecule has 1 unspecified atom stereocenters. The van der Waals surface area contributed by atoms with Gasteiger partial charge in [0, 0.05) is 37.3 Å². The Labute approximate surface area is 122 Å². The third kappa shape index (κ3) is 4.71. The van der Waals surface area contributed by atoms with Gasteiger partial charge in [-0.3, -0.25) is 14.6 Å². The number of likely N-dealkylation sites (N-methyl/N-ethyl adjacent to an activating group) is 1. The number of nitrogens with two attached hydrogens (primary N) is 2. The molecule has 1 aromatic heterocycles. The molecule has 0 bridgehead atoms. The fourth-order valence-electron chi connectivity index (χ4n) is 2.33. The molecule has 1 amide bonds. The van der Waals surface area contributed by atoms with Gasteiger partial charge in [0.2, 0.25) is 5.91 Å². The summed E-state index contributed by atoms with van der Waals surface area (Å²) in [4.78, 5) is 20.3. The SMILES string of the molecule is CN(CC(N)=O)CC1CN(Cc2cnc(N)s2)CCO1. The van der Waals surface area contributed by atoms with E-state index in [0.717, 1.165) is 24.5 Å². The van der Waals surface area contributed by atoms with E-state index >= 15 is 0 Å². The van der Waals surface area contributed by atoms with Crippen LogP contribution < -0.4 is 11.5 Å². The zero-order valence-corrected chi connectivity index (χ0v) is 12.4. The molecule has 0 radical (unpaired) electrons. The van der Waals surface area contributed by atoms with Crippen molar-refractivity contribution in [2.24, 2.45) is 5.73 Å². The number of nitrogen functional groups attached to an aromatic ring is 1. The number of nitrogens with zero attached hydrogens (tertiary/aromatic N) is 3. The third-order valence-corrected chi connectivity index (χ3v) is 3.93. The van der Waals surface area contributed by atoms with Crippen molar-refractivity contribution in [1.29, 1.82) is 0 Å². The van der Waals surface area contributed by atoms with Gasteiger partial charge < -0.3 is 16.2 Å². The van der Waals surface area contributed by atoms with Gasteiger partial charge in [0.05, 0.1) is 19.3 Å². The second-order valence-electron chi connectivity index (χ2n) is 5.06. The lowest BCUT2D eigenvalue weighted by Crippen LogP contribution is -2.47. The van der Waals surface area contributed by atoms with Gasteiger partial charge in [-0.25, -0.2) is 4.98 Å². The first-order valence-electron chi connectivity index (χ1n) is 6.54. The molecule has 1 aliphatic rings.